The van der Waals surface area contributed by atoms with E-state index >= 15 is 0 Å². The van der Waals surface area contributed by atoms with Gasteiger partial charge in [0.15, 0.2) is 5.82 Å². The summed E-state index contributed by atoms with van der Waals surface area (Å²) < 4.78 is 0. The largest absolute Gasteiger partial charge is 0.385 e. The van der Waals surface area contributed by atoms with Gasteiger partial charge in [-0.1, -0.05) is 13.8 Å². The highest BCUT2D eigenvalue weighted by Crippen LogP contribution is 2.21. The lowest BCUT2D eigenvalue weighted by molar-refractivity contribution is 0.402. The third-order valence-corrected chi connectivity index (χ3v) is 4.88. The van der Waals surface area contributed by atoms with Crippen LogP contribution in [0.1, 0.15) is 30.9 Å². The van der Waals surface area contributed by atoms with E-state index in [0.29, 0.717) is 23.6 Å². The number of rotatable bonds is 7. The number of nitrogens with one attached hydrogen (secondary N) is 4. The van der Waals surface area contributed by atoms with Gasteiger partial charge in [0.25, 0.3) is 0 Å². The summed E-state index contributed by atoms with van der Waals surface area (Å²) in [6.45, 7) is 6.12. The van der Waals surface area contributed by atoms with Crippen LogP contribution >= 0.6 is 0 Å². The van der Waals surface area contributed by atoms with E-state index in [0.717, 1.165) is 40.8 Å². The molecule has 29 heavy (non-hydrogen) atoms. The molecule has 0 bridgehead atoms. The van der Waals surface area contributed by atoms with Gasteiger partial charge in [0, 0.05) is 42.8 Å². The molecule has 0 spiro atoms. The maximum atomic E-state index is 7.75. The van der Waals surface area contributed by atoms with Crippen LogP contribution in [0, 0.1) is 5.41 Å². The molecule has 0 unspecified atom stereocenters. The Morgan fingerprint density at radius 3 is 2.76 bits per heavy atom. The van der Waals surface area contributed by atoms with E-state index in [1.807, 2.05) is 30.5 Å². The lowest BCUT2D eigenvalue weighted by Gasteiger charge is -2.27. The predicted molar refractivity (Wildman–Crippen MR) is 115 cm³/mol. The molecule has 1 saturated heterocycles. The van der Waals surface area contributed by atoms with Crippen LogP contribution in [-0.2, 0) is 0 Å². The summed E-state index contributed by atoms with van der Waals surface area (Å²) in [6.07, 6.45) is 6.75. The average molecular weight is 388 g/mol. The summed E-state index contributed by atoms with van der Waals surface area (Å²) in [6, 6.07) is 8.13. The van der Waals surface area contributed by atoms with Gasteiger partial charge in [-0.2, -0.15) is 5.10 Å². The van der Waals surface area contributed by atoms with E-state index in [1.54, 1.807) is 12.4 Å². The minimum atomic E-state index is 0.373. The Labute approximate surface area is 169 Å². The van der Waals surface area contributed by atoms with Crippen LogP contribution in [0.15, 0.2) is 42.9 Å². The fourth-order valence-electron chi connectivity index (χ4n) is 2.95. The maximum absolute atomic E-state index is 7.75. The minimum absolute atomic E-state index is 0.373. The van der Waals surface area contributed by atoms with Crippen molar-refractivity contribution >= 4 is 34.5 Å². The van der Waals surface area contributed by atoms with Crippen molar-refractivity contribution in [2.75, 3.05) is 18.4 Å². The first-order valence-electron chi connectivity index (χ1n) is 9.66. The molecule has 3 aromatic heterocycles. The molecule has 1 aliphatic heterocycles. The number of pyridine rings is 2. The Balaban J connectivity index is 1.59. The van der Waals surface area contributed by atoms with Crippen molar-refractivity contribution in [3.8, 4) is 0 Å². The Hall–Kier alpha value is -3.39. The SMILES string of the molecule is CC(C)c1cnnc(Nc2ccc3ncc(/C(C=N)=C/NC4CNC4)cc3n2)c1. The number of hydrogen-bond donors (Lipinski definition) is 4. The number of aromatic nitrogens is 4. The zero-order valence-electron chi connectivity index (χ0n) is 16.5. The molecule has 8 nitrogen and oxygen atoms in total. The summed E-state index contributed by atoms with van der Waals surface area (Å²) in [4.78, 5) is 9.17. The van der Waals surface area contributed by atoms with Gasteiger partial charge in [-0.15, -0.1) is 5.10 Å². The summed E-state index contributed by atoms with van der Waals surface area (Å²) in [5.74, 6) is 1.70. The number of nitrogens with zero attached hydrogens (tertiary/aromatic N) is 4. The Morgan fingerprint density at radius 1 is 1.17 bits per heavy atom. The molecule has 1 fully saturated rings. The van der Waals surface area contributed by atoms with Crippen molar-refractivity contribution in [1.29, 1.82) is 5.41 Å². The van der Waals surface area contributed by atoms with Crippen LogP contribution in [0.2, 0.25) is 0 Å². The molecule has 148 valence electrons. The third-order valence-electron chi connectivity index (χ3n) is 4.88. The second-order valence-corrected chi connectivity index (χ2v) is 7.38. The predicted octanol–water partition coefficient (Wildman–Crippen LogP) is 2.84. The van der Waals surface area contributed by atoms with Crippen LogP contribution in [0.3, 0.4) is 0 Å². The van der Waals surface area contributed by atoms with Crippen molar-refractivity contribution in [2.24, 2.45) is 0 Å². The van der Waals surface area contributed by atoms with Crippen molar-refractivity contribution in [3.05, 3.63) is 54.0 Å². The van der Waals surface area contributed by atoms with Crippen LogP contribution in [0.25, 0.3) is 16.6 Å². The quantitative estimate of drug-likeness (QED) is 0.461. The molecule has 0 aromatic carbocycles. The molecule has 1 aliphatic rings. The molecule has 3 aromatic rings. The summed E-state index contributed by atoms with van der Waals surface area (Å²) in [5, 5.41) is 25.7. The van der Waals surface area contributed by atoms with E-state index in [4.69, 9.17) is 5.41 Å². The lowest BCUT2D eigenvalue weighted by Crippen LogP contribution is -2.53. The Kier molecular flexibility index (Phi) is 5.44. The fraction of sp³-hybridized carbons (Fsp3) is 0.286. The summed E-state index contributed by atoms with van der Waals surface area (Å²) in [7, 11) is 0. The molecule has 8 heteroatoms. The first-order chi connectivity index (χ1) is 14.1. The summed E-state index contributed by atoms with van der Waals surface area (Å²) in [5.41, 5.74) is 4.27. The number of hydrogen-bond acceptors (Lipinski definition) is 8. The number of allylic oxidation sites excluding steroid dienone is 1. The molecule has 4 heterocycles. The molecule has 0 saturated carbocycles. The maximum Gasteiger partial charge on any atom is 0.154 e. The first kappa shape index (κ1) is 18.9. The van der Waals surface area contributed by atoms with Gasteiger partial charge in [0.2, 0.25) is 0 Å². The fourth-order valence-corrected chi connectivity index (χ4v) is 2.95. The molecular formula is C21H24N8. The van der Waals surface area contributed by atoms with Crippen LogP contribution < -0.4 is 16.0 Å². The first-order valence-corrected chi connectivity index (χ1v) is 9.66. The highest BCUT2D eigenvalue weighted by Gasteiger charge is 2.14. The minimum Gasteiger partial charge on any atom is -0.385 e. The van der Waals surface area contributed by atoms with Crippen molar-refractivity contribution in [2.45, 2.75) is 25.8 Å². The molecule has 4 rings (SSSR count). The van der Waals surface area contributed by atoms with Gasteiger partial charge in [0.05, 0.1) is 23.3 Å². The van der Waals surface area contributed by atoms with Gasteiger partial charge in [-0.3, -0.25) is 4.98 Å². The normalized spacial score (nSPS) is 14.7. The molecule has 0 radical (unpaired) electrons. The standard InChI is InChI=1S/C21H24N8/c1-13(2)14-6-21(29-26-10-14)28-20-4-3-18-19(27-20)5-15(8-25-18)16(7-22)9-24-17-11-23-12-17/h3-10,13,17,22-24H,11-12H2,1-2H3,(H,27,28,29)/b16-9+,22-7?. The lowest BCUT2D eigenvalue weighted by atomic mass is 10.1. The average Bonchev–Trinajstić information content (AvgIpc) is 2.69. The van der Waals surface area contributed by atoms with Crippen LogP contribution in [-0.4, -0.2) is 45.5 Å². The molecule has 0 aliphatic carbocycles. The zero-order chi connectivity index (χ0) is 20.2. The smallest absolute Gasteiger partial charge is 0.154 e. The molecule has 0 amide bonds. The summed E-state index contributed by atoms with van der Waals surface area (Å²) >= 11 is 0. The van der Waals surface area contributed by atoms with Gasteiger partial charge in [-0.25, -0.2) is 4.98 Å². The zero-order valence-corrected chi connectivity index (χ0v) is 16.5. The van der Waals surface area contributed by atoms with Gasteiger partial charge < -0.3 is 21.4 Å². The van der Waals surface area contributed by atoms with Crippen LogP contribution in [0.5, 0.6) is 0 Å². The van der Waals surface area contributed by atoms with Gasteiger partial charge in [-0.05, 0) is 35.7 Å². The Morgan fingerprint density at radius 2 is 2.03 bits per heavy atom. The number of anilines is 2. The highest BCUT2D eigenvalue weighted by molar-refractivity contribution is 6.08. The molecular weight excluding hydrogens is 364 g/mol. The highest BCUT2D eigenvalue weighted by atomic mass is 15.2. The van der Waals surface area contributed by atoms with Crippen LogP contribution in [0.4, 0.5) is 11.6 Å². The van der Waals surface area contributed by atoms with E-state index in [1.165, 1.54) is 6.21 Å². The monoisotopic (exact) mass is 388 g/mol. The van der Waals surface area contributed by atoms with E-state index in [-0.39, 0.29) is 0 Å². The topological polar surface area (TPSA) is 112 Å². The van der Waals surface area contributed by atoms with E-state index in [9.17, 15) is 0 Å². The molecule has 0 atom stereocenters. The van der Waals surface area contributed by atoms with Crippen molar-refractivity contribution in [3.63, 3.8) is 0 Å². The van der Waals surface area contributed by atoms with Gasteiger partial charge in [0.1, 0.15) is 5.82 Å². The number of fused-ring (bicyclic) bond motifs is 1. The van der Waals surface area contributed by atoms with E-state index < -0.39 is 0 Å². The van der Waals surface area contributed by atoms with E-state index in [2.05, 4.69) is 50.0 Å². The van der Waals surface area contributed by atoms with Crippen molar-refractivity contribution < 1.29 is 0 Å². The molecule has 4 N–H and O–H groups in total. The third kappa shape index (κ3) is 4.38. The Bertz CT molecular complexity index is 1060. The second-order valence-electron chi connectivity index (χ2n) is 7.38. The second kappa shape index (κ2) is 8.32. The van der Waals surface area contributed by atoms with Gasteiger partial charge >= 0.3 is 0 Å². The van der Waals surface area contributed by atoms with Crippen molar-refractivity contribution in [1.82, 2.24) is 30.8 Å².